The van der Waals surface area contributed by atoms with Crippen molar-refractivity contribution in [1.29, 1.82) is 0 Å². The van der Waals surface area contributed by atoms with Gasteiger partial charge in [0.2, 0.25) is 5.76 Å². The molecule has 0 aliphatic heterocycles. The first kappa shape index (κ1) is 13.2. The number of nitrogens with one attached hydrogen (secondary N) is 1. The molecule has 2 aromatic heterocycles. The third kappa shape index (κ3) is 2.86. The van der Waals surface area contributed by atoms with Crippen LogP contribution < -0.4 is 5.32 Å². The zero-order valence-electron chi connectivity index (χ0n) is 11.5. The zero-order chi connectivity index (χ0) is 14.7. The number of hydrogen-bond donors (Lipinski definition) is 1. The van der Waals surface area contributed by atoms with Gasteiger partial charge in [-0.15, -0.1) is 0 Å². The van der Waals surface area contributed by atoms with Gasteiger partial charge in [-0.05, 0) is 24.6 Å². The highest BCUT2D eigenvalue weighted by molar-refractivity contribution is 5.97. The van der Waals surface area contributed by atoms with Crippen LogP contribution in [0, 0.1) is 6.92 Å². The van der Waals surface area contributed by atoms with E-state index in [1.165, 1.54) is 12.7 Å². The van der Waals surface area contributed by atoms with Crippen molar-refractivity contribution in [2.45, 2.75) is 13.5 Å². The average Bonchev–Trinajstić information content (AvgIpc) is 3.14. The number of aryl methyl sites for hydroxylation is 1. The van der Waals surface area contributed by atoms with Gasteiger partial charge in [0.05, 0.1) is 6.26 Å². The standard InChI is InChI=1S/C16H14N2O3/c1-11-4-2-5-12(8-11)9-17-16(19)14-15(21-10-18-14)13-6-3-7-20-13/h2-8,10H,9H2,1H3,(H,17,19). The number of nitrogens with zero attached hydrogens (tertiary/aromatic N) is 1. The summed E-state index contributed by atoms with van der Waals surface area (Å²) >= 11 is 0. The van der Waals surface area contributed by atoms with Gasteiger partial charge in [-0.25, -0.2) is 4.98 Å². The summed E-state index contributed by atoms with van der Waals surface area (Å²) in [5, 5.41) is 2.83. The summed E-state index contributed by atoms with van der Waals surface area (Å²) < 4.78 is 10.5. The van der Waals surface area contributed by atoms with Crippen LogP contribution in [-0.2, 0) is 6.54 Å². The van der Waals surface area contributed by atoms with Gasteiger partial charge in [-0.1, -0.05) is 29.8 Å². The third-order valence-electron chi connectivity index (χ3n) is 3.06. The number of carbonyl (C=O) groups is 1. The molecule has 0 unspecified atom stereocenters. The van der Waals surface area contributed by atoms with Gasteiger partial charge in [-0.2, -0.15) is 0 Å². The summed E-state index contributed by atoms with van der Waals surface area (Å²) in [4.78, 5) is 16.2. The summed E-state index contributed by atoms with van der Waals surface area (Å²) in [5.74, 6) is 0.520. The first-order valence-electron chi connectivity index (χ1n) is 6.55. The van der Waals surface area contributed by atoms with Crippen molar-refractivity contribution in [2.75, 3.05) is 0 Å². The van der Waals surface area contributed by atoms with Crippen LogP contribution in [0.25, 0.3) is 11.5 Å². The van der Waals surface area contributed by atoms with Crippen molar-refractivity contribution in [3.8, 4) is 11.5 Å². The van der Waals surface area contributed by atoms with Gasteiger partial charge in [0.15, 0.2) is 17.8 Å². The highest BCUT2D eigenvalue weighted by Gasteiger charge is 2.19. The molecule has 0 saturated heterocycles. The second-order valence-corrected chi connectivity index (χ2v) is 4.68. The molecule has 0 aliphatic carbocycles. The van der Waals surface area contributed by atoms with E-state index in [1.54, 1.807) is 12.1 Å². The summed E-state index contributed by atoms with van der Waals surface area (Å²) in [7, 11) is 0. The number of oxazole rings is 1. The summed E-state index contributed by atoms with van der Waals surface area (Å²) in [6.45, 7) is 2.45. The molecule has 0 radical (unpaired) electrons. The van der Waals surface area contributed by atoms with Crippen molar-refractivity contribution in [3.05, 3.63) is 65.9 Å². The van der Waals surface area contributed by atoms with E-state index in [0.717, 1.165) is 11.1 Å². The minimum absolute atomic E-state index is 0.220. The van der Waals surface area contributed by atoms with Crippen LogP contribution >= 0.6 is 0 Å². The maximum Gasteiger partial charge on any atom is 0.274 e. The molecule has 0 bridgehead atoms. The highest BCUT2D eigenvalue weighted by Crippen LogP contribution is 2.23. The van der Waals surface area contributed by atoms with Crippen LogP contribution in [-0.4, -0.2) is 10.9 Å². The van der Waals surface area contributed by atoms with Crippen LogP contribution in [0.15, 0.2) is 57.9 Å². The fourth-order valence-corrected chi connectivity index (χ4v) is 2.08. The van der Waals surface area contributed by atoms with E-state index in [2.05, 4.69) is 10.3 Å². The Balaban J connectivity index is 1.73. The smallest absolute Gasteiger partial charge is 0.274 e. The van der Waals surface area contributed by atoms with E-state index in [9.17, 15) is 4.79 Å². The maximum absolute atomic E-state index is 12.2. The molecular weight excluding hydrogens is 268 g/mol. The second kappa shape index (κ2) is 5.66. The predicted octanol–water partition coefficient (Wildman–Crippen LogP) is 3.17. The molecule has 3 rings (SSSR count). The van der Waals surface area contributed by atoms with Crippen molar-refractivity contribution in [2.24, 2.45) is 0 Å². The minimum Gasteiger partial charge on any atom is -0.461 e. The average molecular weight is 282 g/mol. The fourth-order valence-electron chi connectivity index (χ4n) is 2.08. The zero-order valence-corrected chi connectivity index (χ0v) is 11.5. The van der Waals surface area contributed by atoms with Crippen LogP contribution in [0.2, 0.25) is 0 Å². The van der Waals surface area contributed by atoms with Crippen molar-refractivity contribution >= 4 is 5.91 Å². The number of furan rings is 1. The number of aromatic nitrogens is 1. The number of rotatable bonds is 4. The predicted molar refractivity (Wildman–Crippen MR) is 76.6 cm³/mol. The van der Waals surface area contributed by atoms with E-state index in [1.807, 2.05) is 31.2 Å². The number of carbonyl (C=O) groups excluding carboxylic acids is 1. The summed E-state index contributed by atoms with van der Waals surface area (Å²) in [6, 6.07) is 11.4. The van der Waals surface area contributed by atoms with E-state index in [-0.39, 0.29) is 11.6 Å². The lowest BCUT2D eigenvalue weighted by Gasteiger charge is -2.05. The molecule has 1 N–H and O–H groups in total. The van der Waals surface area contributed by atoms with Crippen molar-refractivity contribution in [1.82, 2.24) is 10.3 Å². The Bertz CT molecular complexity index is 744. The monoisotopic (exact) mass is 282 g/mol. The van der Waals surface area contributed by atoms with Gasteiger partial charge in [0.25, 0.3) is 5.91 Å². The largest absolute Gasteiger partial charge is 0.461 e. The highest BCUT2D eigenvalue weighted by atomic mass is 16.4. The molecule has 3 aromatic rings. The van der Waals surface area contributed by atoms with Crippen molar-refractivity contribution in [3.63, 3.8) is 0 Å². The molecule has 0 aliphatic rings. The Morgan fingerprint density at radius 3 is 2.90 bits per heavy atom. The van der Waals surface area contributed by atoms with Crippen molar-refractivity contribution < 1.29 is 13.6 Å². The van der Waals surface area contributed by atoms with Crippen LogP contribution in [0.4, 0.5) is 0 Å². The molecule has 21 heavy (non-hydrogen) atoms. The van der Waals surface area contributed by atoms with Gasteiger partial charge in [0, 0.05) is 6.54 Å². The Hall–Kier alpha value is -2.82. The molecule has 0 atom stereocenters. The molecule has 0 fully saturated rings. The molecule has 1 aromatic carbocycles. The molecule has 106 valence electrons. The Kier molecular flexibility index (Phi) is 3.55. The van der Waals surface area contributed by atoms with E-state index < -0.39 is 0 Å². The molecule has 1 amide bonds. The molecule has 5 nitrogen and oxygen atoms in total. The third-order valence-corrected chi connectivity index (χ3v) is 3.06. The Morgan fingerprint density at radius 1 is 1.24 bits per heavy atom. The van der Waals surface area contributed by atoms with E-state index in [0.29, 0.717) is 18.1 Å². The normalized spacial score (nSPS) is 10.5. The molecule has 0 spiro atoms. The summed E-state index contributed by atoms with van der Waals surface area (Å²) in [5.41, 5.74) is 2.41. The Morgan fingerprint density at radius 2 is 2.14 bits per heavy atom. The lowest BCUT2D eigenvalue weighted by Crippen LogP contribution is -2.23. The van der Waals surface area contributed by atoms with E-state index in [4.69, 9.17) is 8.83 Å². The van der Waals surface area contributed by atoms with Crippen LogP contribution in [0.3, 0.4) is 0 Å². The second-order valence-electron chi connectivity index (χ2n) is 4.68. The minimum atomic E-state index is -0.295. The first-order valence-corrected chi connectivity index (χ1v) is 6.55. The number of benzene rings is 1. The quantitative estimate of drug-likeness (QED) is 0.798. The molecule has 5 heteroatoms. The lowest BCUT2D eigenvalue weighted by atomic mass is 10.1. The summed E-state index contributed by atoms with van der Waals surface area (Å²) in [6.07, 6.45) is 2.76. The number of hydrogen-bond acceptors (Lipinski definition) is 4. The fraction of sp³-hybridized carbons (Fsp3) is 0.125. The SMILES string of the molecule is Cc1cccc(CNC(=O)c2ncoc2-c2ccco2)c1. The van der Waals surface area contributed by atoms with Crippen LogP contribution in [0.5, 0.6) is 0 Å². The maximum atomic E-state index is 12.2. The molecular formula is C16H14N2O3. The number of amides is 1. The topological polar surface area (TPSA) is 68.3 Å². The van der Waals surface area contributed by atoms with Gasteiger partial charge >= 0.3 is 0 Å². The molecule has 0 saturated carbocycles. The lowest BCUT2D eigenvalue weighted by molar-refractivity contribution is 0.0946. The van der Waals surface area contributed by atoms with E-state index >= 15 is 0 Å². The van der Waals surface area contributed by atoms with Gasteiger partial charge < -0.3 is 14.2 Å². The van der Waals surface area contributed by atoms with Crippen LogP contribution in [0.1, 0.15) is 21.6 Å². The van der Waals surface area contributed by atoms with Gasteiger partial charge in [0.1, 0.15) is 0 Å². The van der Waals surface area contributed by atoms with Gasteiger partial charge in [-0.3, -0.25) is 4.79 Å². The Labute approximate surface area is 121 Å². The first-order chi connectivity index (χ1) is 10.2. The molecule has 2 heterocycles.